The summed E-state index contributed by atoms with van der Waals surface area (Å²) in [5.74, 6) is -0.789. The number of nitrogens with one attached hydrogen (secondary N) is 1. The van der Waals surface area contributed by atoms with Gasteiger partial charge in [-0.05, 0) is 6.42 Å². The van der Waals surface area contributed by atoms with Crippen LogP contribution in [-0.4, -0.2) is 19.8 Å². The van der Waals surface area contributed by atoms with Gasteiger partial charge in [-0.25, -0.2) is 4.79 Å². The molecule has 0 amide bonds. The van der Waals surface area contributed by atoms with Crippen molar-refractivity contribution < 1.29 is 10.2 Å². The minimum Gasteiger partial charge on any atom is -0.491 e. The van der Waals surface area contributed by atoms with E-state index in [4.69, 9.17) is 0 Å². The van der Waals surface area contributed by atoms with Crippen LogP contribution in [0.3, 0.4) is 0 Å². The summed E-state index contributed by atoms with van der Waals surface area (Å²) >= 11 is 0. The number of aromatic hydroxyl groups is 2. The molecule has 1 heterocycles. The van der Waals surface area contributed by atoms with Gasteiger partial charge in [-0.15, -0.1) is 0 Å². The van der Waals surface area contributed by atoms with Crippen molar-refractivity contribution in [1.29, 1.82) is 0 Å². The molecule has 5 nitrogen and oxygen atoms in total. The van der Waals surface area contributed by atoms with Gasteiger partial charge in [0.25, 0.3) is 11.8 Å². The lowest BCUT2D eigenvalue weighted by Crippen LogP contribution is -2.16. The summed E-state index contributed by atoms with van der Waals surface area (Å²) in [5, 5.41) is 18.8. The molecule has 0 radical (unpaired) electrons. The van der Waals surface area contributed by atoms with Gasteiger partial charge >= 0.3 is 5.69 Å². The van der Waals surface area contributed by atoms with Crippen LogP contribution in [-0.2, 0) is 6.54 Å². The molecule has 0 fully saturated rings. The van der Waals surface area contributed by atoms with Crippen LogP contribution in [0.5, 0.6) is 11.8 Å². The first-order valence-corrected chi connectivity index (χ1v) is 10.9. The van der Waals surface area contributed by atoms with Gasteiger partial charge in [-0.2, -0.15) is 0 Å². The molecule has 0 bridgehead atoms. The molecule has 152 valence electrons. The highest BCUT2D eigenvalue weighted by atomic mass is 16.3. The van der Waals surface area contributed by atoms with Crippen LogP contribution in [0.15, 0.2) is 4.79 Å². The fraction of sp³-hybridized carbons (Fsp3) is 0.857. The first-order chi connectivity index (χ1) is 12.7. The van der Waals surface area contributed by atoms with Crippen molar-refractivity contribution in [3.63, 3.8) is 0 Å². The highest BCUT2D eigenvalue weighted by molar-refractivity contribution is 5.22. The van der Waals surface area contributed by atoms with Crippen molar-refractivity contribution in [1.82, 2.24) is 9.55 Å². The van der Waals surface area contributed by atoms with Gasteiger partial charge in [0.15, 0.2) is 0 Å². The molecular weight excluding hydrogens is 328 g/mol. The number of H-pyrrole nitrogens is 1. The number of unbranched alkanes of at least 4 members (excludes halogenated alkanes) is 15. The third kappa shape index (κ3) is 9.93. The molecule has 26 heavy (non-hydrogen) atoms. The quantitative estimate of drug-likeness (QED) is 0.302. The summed E-state index contributed by atoms with van der Waals surface area (Å²) in [7, 11) is 0. The van der Waals surface area contributed by atoms with Crippen LogP contribution in [0.1, 0.15) is 110 Å². The van der Waals surface area contributed by atoms with Crippen molar-refractivity contribution in [2.24, 2.45) is 0 Å². The molecule has 0 saturated heterocycles. The lowest BCUT2D eigenvalue weighted by molar-refractivity contribution is 0.362. The zero-order chi connectivity index (χ0) is 19.0. The van der Waals surface area contributed by atoms with Crippen LogP contribution < -0.4 is 5.69 Å². The van der Waals surface area contributed by atoms with Gasteiger partial charge in [-0.1, -0.05) is 103 Å². The Balaban J connectivity index is 1.82. The zero-order valence-electron chi connectivity index (χ0n) is 16.8. The van der Waals surface area contributed by atoms with Gasteiger partial charge in [-0.3, -0.25) is 9.55 Å². The maximum absolute atomic E-state index is 11.4. The Hall–Kier alpha value is -1.39. The normalized spacial score (nSPS) is 11.3. The smallest absolute Gasteiger partial charge is 0.331 e. The Morgan fingerprint density at radius 2 is 1.08 bits per heavy atom. The highest BCUT2D eigenvalue weighted by Gasteiger charge is 2.10. The second-order valence-electron chi connectivity index (χ2n) is 7.56. The predicted molar refractivity (Wildman–Crippen MR) is 108 cm³/mol. The molecule has 0 aromatic carbocycles. The summed E-state index contributed by atoms with van der Waals surface area (Å²) < 4.78 is 1.19. The first-order valence-electron chi connectivity index (χ1n) is 10.9. The van der Waals surface area contributed by atoms with E-state index >= 15 is 0 Å². The Labute approximate surface area is 158 Å². The van der Waals surface area contributed by atoms with Crippen molar-refractivity contribution in [3.05, 3.63) is 10.5 Å². The van der Waals surface area contributed by atoms with Crippen LogP contribution in [0.25, 0.3) is 0 Å². The summed E-state index contributed by atoms with van der Waals surface area (Å²) in [4.78, 5) is 13.6. The fourth-order valence-electron chi connectivity index (χ4n) is 3.47. The van der Waals surface area contributed by atoms with E-state index in [0.717, 1.165) is 12.8 Å². The van der Waals surface area contributed by atoms with Gasteiger partial charge in [0.2, 0.25) is 0 Å². The Bertz CT molecular complexity index is 508. The van der Waals surface area contributed by atoms with Gasteiger partial charge < -0.3 is 10.2 Å². The van der Waals surface area contributed by atoms with Crippen LogP contribution >= 0.6 is 0 Å². The lowest BCUT2D eigenvalue weighted by Gasteiger charge is -2.04. The minimum absolute atomic E-state index is 0.351. The molecule has 0 saturated carbocycles. The fourth-order valence-corrected chi connectivity index (χ4v) is 3.47. The molecule has 3 N–H and O–H groups in total. The molecule has 0 unspecified atom stereocenters. The van der Waals surface area contributed by atoms with E-state index in [-0.39, 0.29) is 5.88 Å². The van der Waals surface area contributed by atoms with Gasteiger partial charge in [0.05, 0.1) is 0 Å². The van der Waals surface area contributed by atoms with E-state index in [1.54, 1.807) is 0 Å². The lowest BCUT2D eigenvalue weighted by atomic mass is 10.0. The van der Waals surface area contributed by atoms with Crippen molar-refractivity contribution >= 4 is 0 Å². The Morgan fingerprint density at radius 3 is 1.42 bits per heavy atom. The summed E-state index contributed by atoms with van der Waals surface area (Å²) in [6, 6.07) is 0. The molecule has 1 aromatic heterocycles. The van der Waals surface area contributed by atoms with Gasteiger partial charge in [0, 0.05) is 6.54 Å². The number of aromatic nitrogens is 2. The monoisotopic (exact) mass is 368 g/mol. The maximum atomic E-state index is 11.4. The number of imidazole rings is 1. The molecule has 0 atom stereocenters. The summed E-state index contributed by atoms with van der Waals surface area (Å²) in [6.45, 7) is 2.73. The minimum atomic E-state index is -0.444. The van der Waals surface area contributed by atoms with E-state index in [9.17, 15) is 15.0 Å². The van der Waals surface area contributed by atoms with Crippen LogP contribution in [0.2, 0.25) is 0 Å². The third-order valence-electron chi connectivity index (χ3n) is 5.17. The molecule has 0 spiro atoms. The van der Waals surface area contributed by atoms with E-state index < -0.39 is 11.6 Å². The summed E-state index contributed by atoms with van der Waals surface area (Å²) in [6.07, 6.45) is 20.9. The number of nitrogens with zero attached hydrogens (tertiary/aromatic N) is 1. The van der Waals surface area contributed by atoms with E-state index in [1.807, 2.05) is 0 Å². The average molecular weight is 369 g/mol. The standard InChI is InChI=1S/C21H40N2O3/c1-2-3-4-5-6-7-8-9-10-11-12-13-14-15-16-17-18-23-20(25)19(24)22-21(23)26/h24-25H,2-18H2,1H3,(H,22,26). The van der Waals surface area contributed by atoms with Gasteiger partial charge in [0.1, 0.15) is 0 Å². The van der Waals surface area contributed by atoms with E-state index in [2.05, 4.69) is 11.9 Å². The van der Waals surface area contributed by atoms with E-state index in [0.29, 0.717) is 6.54 Å². The predicted octanol–water partition coefficient (Wildman–Crippen LogP) is 5.85. The number of rotatable bonds is 17. The van der Waals surface area contributed by atoms with Crippen LogP contribution in [0, 0.1) is 0 Å². The topological polar surface area (TPSA) is 78.2 Å². The number of aromatic amines is 1. The number of hydrogen-bond donors (Lipinski definition) is 3. The Morgan fingerprint density at radius 1 is 0.692 bits per heavy atom. The molecule has 0 aliphatic carbocycles. The molecule has 1 rings (SSSR count). The number of hydrogen-bond acceptors (Lipinski definition) is 3. The average Bonchev–Trinajstić information content (AvgIpc) is 2.87. The summed E-state index contributed by atoms with van der Waals surface area (Å²) in [5.41, 5.74) is -0.444. The third-order valence-corrected chi connectivity index (χ3v) is 5.17. The van der Waals surface area contributed by atoms with Crippen LogP contribution in [0.4, 0.5) is 0 Å². The molecule has 1 aromatic rings. The first kappa shape index (κ1) is 22.7. The SMILES string of the molecule is CCCCCCCCCCCCCCCCCCn1c(O)c(O)[nH]c1=O. The molecule has 0 aliphatic rings. The second-order valence-corrected chi connectivity index (χ2v) is 7.56. The zero-order valence-corrected chi connectivity index (χ0v) is 16.8. The van der Waals surface area contributed by atoms with Crippen molar-refractivity contribution in [2.45, 2.75) is 116 Å². The van der Waals surface area contributed by atoms with Crippen molar-refractivity contribution in [2.75, 3.05) is 0 Å². The maximum Gasteiger partial charge on any atom is 0.331 e. The molecule has 0 aliphatic heterocycles. The van der Waals surface area contributed by atoms with E-state index in [1.165, 1.54) is 94.5 Å². The largest absolute Gasteiger partial charge is 0.491 e. The Kier molecular flexibility index (Phi) is 12.8. The molecule has 5 heteroatoms. The van der Waals surface area contributed by atoms with Crippen molar-refractivity contribution in [3.8, 4) is 11.8 Å². The second kappa shape index (κ2) is 14.7. The highest BCUT2D eigenvalue weighted by Crippen LogP contribution is 2.19. The molecular formula is C21H40N2O3.